The Hall–Kier alpha value is -1.39. The van der Waals surface area contributed by atoms with Gasteiger partial charge in [0.25, 0.3) is 0 Å². The van der Waals surface area contributed by atoms with Crippen molar-refractivity contribution in [2.75, 3.05) is 6.61 Å². The molecule has 0 bridgehead atoms. The van der Waals surface area contributed by atoms with Crippen molar-refractivity contribution in [3.05, 3.63) is 11.7 Å². The molecule has 0 aliphatic heterocycles. The quantitative estimate of drug-likeness (QED) is 0.772. The van der Waals surface area contributed by atoms with E-state index in [-0.39, 0.29) is 11.4 Å². The Balaban J connectivity index is 2.28. The maximum Gasteiger partial charge on any atom is 0.321 e. The molecule has 5 nitrogen and oxygen atoms in total. The number of esters is 1. The van der Waals surface area contributed by atoms with Gasteiger partial charge in [0.15, 0.2) is 5.82 Å². The highest BCUT2D eigenvalue weighted by atomic mass is 16.5. The fourth-order valence-corrected chi connectivity index (χ4v) is 2.03. The fourth-order valence-electron chi connectivity index (χ4n) is 2.03. The van der Waals surface area contributed by atoms with Gasteiger partial charge in [0.2, 0.25) is 5.89 Å². The maximum absolute atomic E-state index is 12.1. The van der Waals surface area contributed by atoms with Crippen molar-refractivity contribution < 1.29 is 14.1 Å². The van der Waals surface area contributed by atoms with Crippen LogP contribution in [0.4, 0.5) is 0 Å². The van der Waals surface area contributed by atoms with Gasteiger partial charge in [0, 0.05) is 5.41 Å². The molecule has 0 unspecified atom stereocenters. The second-order valence-electron chi connectivity index (χ2n) is 5.83. The molecule has 1 saturated carbocycles. The van der Waals surface area contributed by atoms with Crippen LogP contribution >= 0.6 is 0 Å². The zero-order valence-electron chi connectivity index (χ0n) is 11.4. The summed E-state index contributed by atoms with van der Waals surface area (Å²) < 4.78 is 10.4. The van der Waals surface area contributed by atoms with E-state index >= 15 is 0 Å². The van der Waals surface area contributed by atoms with Crippen molar-refractivity contribution in [3.63, 3.8) is 0 Å². The maximum atomic E-state index is 12.1. The average Bonchev–Trinajstić information content (AvgIpc) is 2.65. The van der Waals surface area contributed by atoms with Gasteiger partial charge in [-0.15, -0.1) is 0 Å². The van der Waals surface area contributed by atoms with E-state index in [1.165, 1.54) is 0 Å². The molecule has 0 saturated heterocycles. The lowest BCUT2D eigenvalue weighted by atomic mass is 9.68. The van der Waals surface area contributed by atoms with E-state index in [0.717, 1.165) is 19.3 Å². The highest BCUT2D eigenvalue weighted by Gasteiger charge is 2.52. The third-order valence-electron chi connectivity index (χ3n) is 3.38. The number of nitrogens with zero attached hydrogens (tertiary/aromatic N) is 2. The lowest BCUT2D eigenvalue weighted by Gasteiger charge is -2.35. The molecule has 100 valence electrons. The summed E-state index contributed by atoms with van der Waals surface area (Å²) in [5, 5.41) is 3.98. The SMILES string of the molecule is CCOC(=O)C1(c2nc(C(C)(C)C)no2)CCC1. The molecule has 18 heavy (non-hydrogen) atoms. The Labute approximate surface area is 107 Å². The molecule has 0 spiro atoms. The van der Waals surface area contributed by atoms with E-state index in [9.17, 15) is 4.79 Å². The van der Waals surface area contributed by atoms with Gasteiger partial charge in [0.05, 0.1) is 6.61 Å². The van der Waals surface area contributed by atoms with E-state index in [0.29, 0.717) is 18.3 Å². The van der Waals surface area contributed by atoms with Gasteiger partial charge >= 0.3 is 5.97 Å². The Morgan fingerprint density at radius 2 is 2.11 bits per heavy atom. The summed E-state index contributed by atoms with van der Waals surface area (Å²) in [6.45, 7) is 8.22. The monoisotopic (exact) mass is 252 g/mol. The van der Waals surface area contributed by atoms with Crippen LogP contribution in [0.1, 0.15) is 58.7 Å². The van der Waals surface area contributed by atoms with Crippen LogP contribution in [0, 0.1) is 0 Å². The van der Waals surface area contributed by atoms with E-state index in [1.54, 1.807) is 6.92 Å². The highest BCUT2D eigenvalue weighted by Crippen LogP contribution is 2.44. The number of rotatable bonds is 3. The Morgan fingerprint density at radius 3 is 2.50 bits per heavy atom. The summed E-state index contributed by atoms with van der Waals surface area (Å²) in [5.74, 6) is 0.811. The first-order valence-electron chi connectivity index (χ1n) is 6.42. The van der Waals surface area contributed by atoms with Crippen molar-refractivity contribution >= 4 is 5.97 Å². The first kappa shape index (κ1) is 13.1. The van der Waals surface area contributed by atoms with Crippen LogP contribution in [0.3, 0.4) is 0 Å². The molecular formula is C13H20N2O3. The van der Waals surface area contributed by atoms with Crippen LogP contribution in [0.2, 0.25) is 0 Å². The average molecular weight is 252 g/mol. The van der Waals surface area contributed by atoms with Gasteiger partial charge in [0.1, 0.15) is 5.41 Å². The van der Waals surface area contributed by atoms with Crippen LogP contribution in [-0.4, -0.2) is 22.7 Å². The van der Waals surface area contributed by atoms with Crippen LogP contribution in [-0.2, 0) is 20.4 Å². The molecule has 1 aromatic heterocycles. The smallest absolute Gasteiger partial charge is 0.321 e. The number of ether oxygens (including phenoxy) is 1. The van der Waals surface area contributed by atoms with Gasteiger partial charge in [-0.05, 0) is 19.8 Å². The van der Waals surface area contributed by atoms with Crippen molar-refractivity contribution in [1.29, 1.82) is 0 Å². The summed E-state index contributed by atoms with van der Waals surface area (Å²) in [4.78, 5) is 16.5. The number of hydrogen-bond acceptors (Lipinski definition) is 5. The van der Waals surface area contributed by atoms with Gasteiger partial charge < -0.3 is 9.26 Å². The van der Waals surface area contributed by atoms with E-state index in [1.807, 2.05) is 20.8 Å². The lowest BCUT2D eigenvalue weighted by Crippen LogP contribution is -2.44. The first-order valence-corrected chi connectivity index (χ1v) is 6.42. The molecule has 5 heteroatoms. The van der Waals surface area contributed by atoms with E-state index in [2.05, 4.69) is 10.1 Å². The van der Waals surface area contributed by atoms with E-state index < -0.39 is 5.41 Å². The van der Waals surface area contributed by atoms with Crippen LogP contribution in [0.25, 0.3) is 0 Å². The molecule has 0 radical (unpaired) electrons. The second-order valence-corrected chi connectivity index (χ2v) is 5.83. The highest BCUT2D eigenvalue weighted by molar-refractivity contribution is 5.83. The Morgan fingerprint density at radius 1 is 1.44 bits per heavy atom. The van der Waals surface area contributed by atoms with Crippen LogP contribution < -0.4 is 0 Å². The largest absolute Gasteiger partial charge is 0.465 e. The summed E-state index contributed by atoms with van der Waals surface area (Å²) in [6, 6.07) is 0. The standard InChI is InChI=1S/C13H20N2O3/c1-5-17-11(16)13(7-6-8-13)10-14-9(15-18-10)12(2,3)4/h5-8H2,1-4H3. The van der Waals surface area contributed by atoms with Crippen molar-refractivity contribution in [2.24, 2.45) is 0 Å². The Kier molecular flexibility index (Phi) is 3.17. The normalized spacial score (nSPS) is 18.2. The fraction of sp³-hybridized carbons (Fsp3) is 0.769. The minimum Gasteiger partial charge on any atom is -0.465 e. The summed E-state index contributed by atoms with van der Waals surface area (Å²) in [5.41, 5.74) is -0.867. The third kappa shape index (κ3) is 2.02. The molecule has 1 fully saturated rings. The topological polar surface area (TPSA) is 65.2 Å². The molecule has 0 amide bonds. The molecule has 1 aliphatic rings. The minimum absolute atomic E-state index is 0.179. The number of hydrogen-bond donors (Lipinski definition) is 0. The van der Waals surface area contributed by atoms with Gasteiger partial charge in [-0.1, -0.05) is 32.3 Å². The van der Waals surface area contributed by atoms with E-state index in [4.69, 9.17) is 9.26 Å². The summed E-state index contributed by atoms with van der Waals surface area (Å²) in [7, 11) is 0. The zero-order valence-corrected chi connectivity index (χ0v) is 11.4. The number of carbonyl (C=O) groups is 1. The van der Waals surface area contributed by atoms with Crippen molar-refractivity contribution in [3.8, 4) is 0 Å². The lowest BCUT2D eigenvalue weighted by molar-refractivity contribution is -0.155. The second kappa shape index (κ2) is 4.37. The minimum atomic E-state index is -0.688. The van der Waals surface area contributed by atoms with Gasteiger partial charge in [-0.25, -0.2) is 0 Å². The van der Waals surface area contributed by atoms with Crippen molar-refractivity contribution in [2.45, 2.75) is 57.8 Å². The first-order chi connectivity index (χ1) is 8.40. The summed E-state index contributed by atoms with van der Waals surface area (Å²) >= 11 is 0. The molecule has 0 N–H and O–H groups in total. The molecule has 0 atom stereocenters. The predicted octanol–water partition coefficient (Wildman–Crippen LogP) is 2.35. The summed E-state index contributed by atoms with van der Waals surface area (Å²) in [6.07, 6.45) is 2.46. The Bertz CT molecular complexity index is 441. The van der Waals surface area contributed by atoms with Gasteiger partial charge in [-0.2, -0.15) is 4.98 Å². The van der Waals surface area contributed by atoms with Crippen LogP contribution in [0.15, 0.2) is 4.52 Å². The van der Waals surface area contributed by atoms with Gasteiger partial charge in [-0.3, -0.25) is 4.79 Å². The number of aromatic nitrogens is 2. The molecule has 0 aromatic carbocycles. The molecule has 1 aromatic rings. The molecule has 1 aliphatic carbocycles. The zero-order chi connectivity index (χ0) is 13.4. The predicted molar refractivity (Wildman–Crippen MR) is 65.2 cm³/mol. The number of carbonyl (C=O) groups excluding carboxylic acids is 1. The van der Waals surface area contributed by atoms with Crippen LogP contribution in [0.5, 0.6) is 0 Å². The third-order valence-corrected chi connectivity index (χ3v) is 3.38. The molecular weight excluding hydrogens is 232 g/mol. The molecule has 2 rings (SSSR count). The molecule has 1 heterocycles. The van der Waals surface area contributed by atoms with Crippen molar-refractivity contribution in [1.82, 2.24) is 10.1 Å².